The summed E-state index contributed by atoms with van der Waals surface area (Å²) in [6, 6.07) is 4.96. The molecule has 0 aliphatic carbocycles. The third-order valence-electron chi connectivity index (χ3n) is 3.59. The van der Waals surface area contributed by atoms with Crippen LogP contribution in [0.25, 0.3) is 0 Å². The zero-order chi connectivity index (χ0) is 20.4. The SMILES string of the molecule is CCOC(=O)CC(O)N(C/C=C/C(F)(F)F)Cc1ccc(OC)cc1OC. The molecule has 0 saturated carbocycles. The summed E-state index contributed by atoms with van der Waals surface area (Å²) in [5, 5.41) is 10.3. The Hall–Kier alpha value is -2.26. The predicted octanol–water partition coefficient (Wildman–Crippen LogP) is 2.90. The van der Waals surface area contributed by atoms with Gasteiger partial charge in [-0.1, -0.05) is 12.1 Å². The third kappa shape index (κ3) is 8.31. The second-order valence-electron chi connectivity index (χ2n) is 5.54. The molecular formula is C18H24F3NO5. The summed E-state index contributed by atoms with van der Waals surface area (Å²) < 4.78 is 52.3. The van der Waals surface area contributed by atoms with Gasteiger partial charge in [0.05, 0.1) is 27.2 Å². The third-order valence-corrected chi connectivity index (χ3v) is 3.59. The Balaban J connectivity index is 2.99. The fraction of sp³-hybridized carbons (Fsp3) is 0.500. The van der Waals surface area contributed by atoms with Crippen molar-refractivity contribution >= 4 is 5.97 Å². The molecule has 0 fully saturated rings. The number of aliphatic hydroxyl groups excluding tert-OH is 1. The predicted molar refractivity (Wildman–Crippen MR) is 92.4 cm³/mol. The van der Waals surface area contributed by atoms with Gasteiger partial charge in [-0.05, 0) is 13.0 Å². The first kappa shape index (κ1) is 22.8. The number of benzene rings is 1. The maximum Gasteiger partial charge on any atom is 0.409 e. The van der Waals surface area contributed by atoms with Gasteiger partial charge in [0.2, 0.25) is 0 Å². The Labute approximate surface area is 156 Å². The van der Waals surface area contributed by atoms with Crippen LogP contribution in [0.5, 0.6) is 11.5 Å². The van der Waals surface area contributed by atoms with Crippen molar-refractivity contribution < 1.29 is 37.3 Å². The molecule has 1 aromatic rings. The van der Waals surface area contributed by atoms with Crippen LogP contribution in [0.2, 0.25) is 0 Å². The zero-order valence-electron chi connectivity index (χ0n) is 15.5. The van der Waals surface area contributed by atoms with Gasteiger partial charge < -0.3 is 19.3 Å². The highest BCUT2D eigenvalue weighted by Crippen LogP contribution is 2.26. The molecule has 27 heavy (non-hydrogen) atoms. The number of halogens is 3. The smallest absolute Gasteiger partial charge is 0.409 e. The summed E-state index contributed by atoms with van der Waals surface area (Å²) in [5.74, 6) is 0.352. The van der Waals surface area contributed by atoms with Gasteiger partial charge in [0.15, 0.2) is 0 Å². The number of carbonyl (C=O) groups is 1. The van der Waals surface area contributed by atoms with E-state index in [9.17, 15) is 23.1 Å². The van der Waals surface area contributed by atoms with E-state index in [4.69, 9.17) is 14.2 Å². The maximum absolute atomic E-state index is 12.4. The number of hydrogen-bond donors (Lipinski definition) is 1. The van der Waals surface area contributed by atoms with E-state index in [1.54, 1.807) is 25.1 Å². The molecule has 6 nitrogen and oxygen atoms in total. The highest BCUT2D eigenvalue weighted by molar-refractivity contribution is 5.69. The van der Waals surface area contributed by atoms with Gasteiger partial charge in [-0.25, -0.2) is 0 Å². The molecule has 9 heteroatoms. The molecule has 0 aliphatic heterocycles. The van der Waals surface area contributed by atoms with Crippen LogP contribution in [0.1, 0.15) is 18.9 Å². The first-order valence-electron chi connectivity index (χ1n) is 8.23. The second-order valence-corrected chi connectivity index (χ2v) is 5.54. The van der Waals surface area contributed by atoms with E-state index in [1.807, 2.05) is 0 Å². The average molecular weight is 391 g/mol. The van der Waals surface area contributed by atoms with Crippen LogP contribution in [0.4, 0.5) is 13.2 Å². The van der Waals surface area contributed by atoms with Gasteiger partial charge in [-0.2, -0.15) is 13.2 Å². The minimum atomic E-state index is -4.46. The number of rotatable bonds is 10. The molecule has 0 spiro atoms. The minimum Gasteiger partial charge on any atom is -0.497 e. The summed E-state index contributed by atoms with van der Waals surface area (Å²) >= 11 is 0. The van der Waals surface area contributed by atoms with E-state index in [0.717, 1.165) is 6.08 Å². The van der Waals surface area contributed by atoms with E-state index in [0.29, 0.717) is 17.1 Å². The molecule has 0 aliphatic rings. The number of hydrogen-bond acceptors (Lipinski definition) is 6. The Kier molecular flexibility index (Phi) is 9.10. The van der Waals surface area contributed by atoms with Crippen LogP contribution in [-0.4, -0.2) is 55.8 Å². The number of alkyl halides is 3. The van der Waals surface area contributed by atoms with E-state index in [-0.39, 0.29) is 32.2 Å². The van der Waals surface area contributed by atoms with Crippen LogP contribution >= 0.6 is 0 Å². The summed E-state index contributed by atoms with van der Waals surface area (Å²) in [7, 11) is 2.94. The van der Waals surface area contributed by atoms with Crippen molar-refractivity contribution in [3.05, 3.63) is 35.9 Å². The van der Waals surface area contributed by atoms with Crippen molar-refractivity contribution in [2.45, 2.75) is 32.3 Å². The van der Waals surface area contributed by atoms with Gasteiger partial charge in [0.1, 0.15) is 17.7 Å². The molecule has 0 heterocycles. The number of allylic oxidation sites excluding steroid dienone is 1. The average Bonchev–Trinajstić information content (AvgIpc) is 2.60. The van der Waals surface area contributed by atoms with Crippen LogP contribution in [-0.2, 0) is 16.1 Å². The fourth-order valence-corrected chi connectivity index (χ4v) is 2.31. The van der Waals surface area contributed by atoms with Crippen molar-refractivity contribution in [2.24, 2.45) is 0 Å². The van der Waals surface area contributed by atoms with Gasteiger partial charge in [0, 0.05) is 30.8 Å². The summed E-state index contributed by atoms with van der Waals surface area (Å²) in [4.78, 5) is 12.9. The number of esters is 1. The van der Waals surface area contributed by atoms with E-state index >= 15 is 0 Å². The molecule has 152 valence electrons. The molecular weight excluding hydrogens is 367 g/mol. The van der Waals surface area contributed by atoms with Crippen molar-refractivity contribution in [1.82, 2.24) is 4.90 Å². The molecule has 1 rings (SSSR count). The first-order chi connectivity index (χ1) is 12.7. The van der Waals surface area contributed by atoms with Gasteiger partial charge in [-0.15, -0.1) is 0 Å². The number of aliphatic hydroxyl groups is 1. The number of ether oxygens (including phenoxy) is 3. The van der Waals surface area contributed by atoms with Crippen molar-refractivity contribution in [3.63, 3.8) is 0 Å². The van der Waals surface area contributed by atoms with Crippen molar-refractivity contribution in [1.29, 1.82) is 0 Å². The van der Waals surface area contributed by atoms with Crippen LogP contribution in [0.15, 0.2) is 30.4 Å². The lowest BCUT2D eigenvalue weighted by Gasteiger charge is -2.27. The summed E-state index contributed by atoms with van der Waals surface area (Å²) in [5.41, 5.74) is 0.613. The first-order valence-corrected chi connectivity index (χ1v) is 8.23. The van der Waals surface area contributed by atoms with Crippen LogP contribution < -0.4 is 9.47 Å². The van der Waals surface area contributed by atoms with Crippen molar-refractivity contribution in [3.8, 4) is 11.5 Å². The van der Waals surface area contributed by atoms with E-state index in [2.05, 4.69) is 0 Å². The Morgan fingerprint density at radius 1 is 1.30 bits per heavy atom. The molecule has 1 N–H and O–H groups in total. The summed E-state index contributed by atoms with van der Waals surface area (Å²) in [6.45, 7) is 1.59. The second kappa shape index (κ2) is 10.8. The lowest BCUT2D eigenvalue weighted by molar-refractivity contribution is -0.148. The number of carbonyl (C=O) groups excluding carboxylic acids is 1. The monoisotopic (exact) mass is 391 g/mol. The molecule has 0 bridgehead atoms. The Morgan fingerprint density at radius 2 is 2.00 bits per heavy atom. The molecule has 0 aromatic heterocycles. The molecule has 1 aromatic carbocycles. The topological polar surface area (TPSA) is 68.2 Å². The number of nitrogens with zero attached hydrogens (tertiary/aromatic N) is 1. The largest absolute Gasteiger partial charge is 0.497 e. The minimum absolute atomic E-state index is 0.0515. The fourth-order valence-electron chi connectivity index (χ4n) is 2.31. The molecule has 0 saturated heterocycles. The Bertz CT molecular complexity index is 634. The quantitative estimate of drug-likeness (QED) is 0.376. The highest BCUT2D eigenvalue weighted by atomic mass is 19.4. The standard InChI is InChI=1S/C18H24F3NO5/c1-4-27-17(24)11-16(23)22(9-5-8-18(19,20)21)12-13-6-7-14(25-2)10-15(13)26-3/h5-8,10,16,23H,4,9,11-12H2,1-3H3/b8-5+. The van der Waals surface area contributed by atoms with E-state index in [1.165, 1.54) is 19.1 Å². The molecule has 0 radical (unpaired) electrons. The lowest BCUT2D eigenvalue weighted by atomic mass is 10.1. The summed E-state index contributed by atoms with van der Waals surface area (Å²) in [6.07, 6.45) is -5.19. The normalized spacial score (nSPS) is 13.0. The molecule has 0 amide bonds. The van der Waals surface area contributed by atoms with Crippen LogP contribution in [0, 0.1) is 0 Å². The van der Waals surface area contributed by atoms with Crippen LogP contribution in [0.3, 0.4) is 0 Å². The zero-order valence-corrected chi connectivity index (χ0v) is 15.5. The van der Waals surface area contributed by atoms with Gasteiger partial charge >= 0.3 is 12.1 Å². The molecule has 1 atom stereocenters. The number of methoxy groups -OCH3 is 2. The lowest BCUT2D eigenvalue weighted by Crippen LogP contribution is -2.37. The maximum atomic E-state index is 12.4. The van der Waals surface area contributed by atoms with Crippen molar-refractivity contribution in [2.75, 3.05) is 27.4 Å². The molecule has 1 unspecified atom stereocenters. The highest BCUT2D eigenvalue weighted by Gasteiger charge is 2.24. The Morgan fingerprint density at radius 3 is 2.56 bits per heavy atom. The van der Waals surface area contributed by atoms with Gasteiger partial charge in [-0.3, -0.25) is 9.69 Å². The van der Waals surface area contributed by atoms with E-state index < -0.39 is 18.4 Å². The van der Waals surface area contributed by atoms with Gasteiger partial charge in [0.25, 0.3) is 0 Å².